The molecule has 2 N–H and O–H groups in total. The highest BCUT2D eigenvalue weighted by atomic mass is 35.5. The predicted octanol–water partition coefficient (Wildman–Crippen LogP) is 4.15. The van der Waals surface area contributed by atoms with E-state index in [0.29, 0.717) is 17.0 Å². The molecule has 1 unspecified atom stereocenters. The molecular formula is C34H28ClN3O10. The topological polar surface area (TPSA) is 168 Å². The van der Waals surface area contributed by atoms with Crippen LogP contribution in [0.1, 0.15) is 51.3 Å². The van der Waals surface area contributed by atoms with Gasteiger partial charge >= 0.3 is 11.7 Å². The number of hydrogen-bond donors (Lipinski definition) is 2. The number of anilines is 1. The van der Waals surface area contributed by atoms with Crippen molar-refractivity contribution in [3.05, 3.63) is 102 Å². The molecule has 0 saturated heterocycles. The SMILES string of the molecule is COc1cc(OC)c2c(c1Cl)O[C@@]1(C(=O)C3=C(C[C@H]1C)Nc1c(c(=O)n(C)c(=O)n1C)C3c1ccc(-c3ccc(C(=O)O)cc3)o1)C2=O. The summed E-state index contributed by atoms with van der Waals surface area (Å²) >= 11 is 6.62. The number of carboxylic acid groups (broad SMARTS) is 1. The van der Waals surface area contributed by atoms with Gasteiger partial charge in [-0.2, -0.15) is 0 Å². The van der Waals surface area contributed by atoms with Crippen LogP contribution in [0.15, 0.2) is 67.7 Å². The number of nitrogens with zero attached hydrogens (tertiary/aromatic N) is 2. The predicted molar refractivity (Wildman–Crippen MR) is 172 cm³/mol. The zero-order valence-corrected chi connectivity index (χ0v) is 27.1. The fourth-order valence-corrected chi connectivity index (χ4v) is 7.18. The number of carboxylic acids is 1. The number of ether oxygens (including phenoxy) is 3. The maximum atomic E-state index is 15.0. The molecule has 48 heavy (non-hydrogen) atoms. The smallest absolute Gasteiger partial charge is 0.335 e. The molecule has 0 radical (unpaired) electrons. The molecule has 2 aliphatic heterocycles. The number of rotatable bonds is 5. The van der Waals surface area contributed by atoms with Gasteiger partial charge in [0.2, 0.25) is 17.2 Å². The van der Waals surface area contributed by atoms with Crippen molar-refractivity contribution in [1.29, 1.82) is 0 Å². The molecule has 0 saturated carbocycles. The monoisotopic (exact) mass is 673 g/mol. The Morgan fingerprint density at radius 2 is 1.69 bits per heavy atom. The molecule has 0 bridgehead atoms. The Bertz CT molecular complexity index is 2260. The molecule has 0 fully saturated rings. The third-order valence-corrected chi connectivity index (χ3v) is 9.76. The number of fused-ring (bicyclic) bond motifs is 2. The summed E-state index contributed by atoms with van der Waals surface area (Å²) in [5.41, 5.74) is -2.19. The highest BCUT2D eigenvalue weighted by molar-refractivity contribution is 6.36. The molecule has 3 aliphatic rings. The van der Waals surface area contributed by atoms with Gasteiger partial charge in [0.15, 0.2) is 5.75 Å². The number of benzene rings is 2. The second-order valence-corrected chi connectivity index (χ2v) is 12.3. The Labute approximate surface area is 276 Å². The van der Waals surface area contributed by atoms with Crippen LogP contribution < -0.4 is 30.8 Å². The van der Waals surface area contributed by atoms with Crippen LogP contribution in [0.2, 0.25) is 5.02 Å². The maximum absolute atomic E-state index is 15.0. The summed E-state index contributed by atoms with van der Waals surface area (Å²) in [5, 5.41) is 12.5. The molecular weight excluding hydrogens is 646 g/mol. The molecule has 2 aromatic heterocycles. The third-order valence-electron chi connectivity index (χ3n) is 9.40. The summed E-state index contributed by atoms with van der Waals surface area (Å²) in [7, 11) is 5.60. The van der Waals surface area contributed by atoms with E-state index in [0.717, 1.165) is 4.57 Å². The molecule has 1 aliphatic carbocycles. The molecule has 2 aromatic carbocycles. The van der Waals surface area contributed by atoms with Gasteiger partial charge in [-0.05, 0) is 30.7 Å². The van der Waals surface area contributed by atoms with Crippen molar-refractivity contribution in [2.24, 2.45) is 20.0 Å². The van der Waals surface area contributed by atoms with E-state index in [4.69, 9.17) is 30.2 Å². The van der Waals surface area contributed by atoms with Crippen molar-refractivity contribution in [2.45, 2.75) is 24.9 Å². The minimum Gasteiger partial charge on any atom is -0.496 e. The zero-order valence-electron chi connectivity index (χ0n) is 26.3. The highest BCUT2D eigenvalue weighted by Crippen LogP contribution is 2.56. The van der Waals surface area contributed by atoms with Gasteiger partial charge in [0, 0.05) is 42.9 Å². The zero-order chi connectivity index (χ0) is 34.4. The number of nitrogens with one attached hydrogen (secondary N) is 1. The number of halogens is 1. The number of hydrogen-bond acceptors (Lipinski definition) is 10. The molecule has 0 amide bonds. The van der Waals surface area contributed by atoms with Crippen LogP contribution >= 0.6 is 11.6 Å². The van der Waals surface area contributed by atoms with Gasteiger partial charge in [0.1, 0.15) is 39.4 Å². The lowest BCUT2D eigenvalue weighted by Crippen LogP contribution is -2.58. The summed E-state index contributed by atoms with van der Waals surface area (Å²) in [4.78, 5) is 67.7. The molecule has 7 rings (SSSR count). The van der Waals surface area contributed by atoms with E-state index in [2.05, 4.69) is 5.32 Å². The standard InChI is InChI=1S/C34H28ClN3O10/c1-14-12-17-22(28(39)34(14)29(40)24-20(45-4)13-21(46-5)26(35)27(24)48-34)23(25-30(36-17)37(2)33(44)38(3)31(25)41)19-11-10-18(47-19)15-6-8-16(9-7-15)32(42)43/h6-11,13-14,23,36H,12H2,1-5H3,(H,42,43)/t14-,23?,34+/m1/s1. The lowest BCUT2D eigenvalue weighted by Gasteiger charge is -2.42. The Balaban J connectivity index is 1.43. The van der Waals surface area contributed by atoms with Crippen molar-refractivity contribution in [3.8, 4) is 28.6 Å². The molecule has 246 valence electrons. The summed E-state index contributed by atoms with van der Waals surface area (Å²) in [6, 6.07) is 10.7. The number of methoxy groups -OCH3 is 2. The van der Waals surface area contributed by atoms with E-state index in [1.54, 1.807) is 31.2 Å². The van der Waals surface area contributed by atoms with Crippen molar-refractivity contribution in [1.82, 2.24) is 9.13 Å². The van der Waals surface area contributed by atoms with Gasteiger partial charge in [-0.15, -0.1) is 0 Å². The molecule has 4 heterocycles. The second-order valence-electron chi connectivity index (χ2n) is 11.9. The minimum atomic E-state index is -2.07. The van der Waals surface area contributed by atoms with Crippen molar-refractivity contribution in [2.75, 3.05) is 19.5 Å². The average Bonchev–Trinajstić information content (AvgIpc) is 3.69. The van der Waals surface area contributed by atoms with E-state index in [-0.39, 0.29) is 62.5 Å². The number of carbonyl (C=O) groups excluding carboxylic acids is 2. The van der Waals surface area contributed by atoms with E-state index in [9.17, 15) is 24.3 Å². The third kappa shape index (κ3) is 4.06. The first kappa shape index (κ1) is 31.1. The quantitative estimate of drug-likeness (QED) is 0.292. The second kappa shape index (κ2) is 10.7. The number of Topliss-reactive ketones (excluding diaryl/α,β-unsaturated/α-hetero) is 2. The Kier molecular flexibility index (Phi) is 6.95. The van der Waals surface area contributed by atoms with Crippen LogP contribution in [0.4, 0.5) is 5.82 Å². The first-order valence-corrected chi connectivity index (χ1v) is 15.2. The number of furan rings is 1. The van der Waals surface area contributed by atoms with E-state index >= 15 is 4.79 Å². The van der Waals surface area contributed by atoms with Crippen LogP contribution in [0.3, 0.4) is 0 Å². The lowest BCUT2D eigenvalue weighted by molar-refractivity contribution is -0.130. The summed E-state index contributed by atoms with van der Waals surface area (Å²) < 4.78 is 25.7. The lowest BCUT2D eigenvalue weighted by atomic mass is 9.66. The fourth-order valence-electron chi connectivity index (χ4n) is 6.91. The molecule has 1 spiro atoms. The number of aromatic nitrogens is 2. The number of aromatic carboxylic acids is 1. The van der Waals surface area contributed by atoms with Gasteiger partial charge in [0.05, 0.1) is 31.3 Å². The summed E-state index contributed by atoms with van der Waals surface area (Å²) in [5.74, 6) is -3.42. The van der Waals surface area contributed by atoms with Gasteiger partial charge in [-0.3, -0.25) is 23.5 Å². The Morgan fingerprint density at radius 1 is 1.00 bits per heavy atom. The van der Waals surface area contributed by atoms with Gasteiger partial charge < -0.3 is 29.1 Å². The van der Waals surface area contributed by atoms with Crippen LogP contribution in [-0.2, 0) is 18.9 Å². The number of ketones is 2. The maximum Gasteiger partial charge on any atom is 0.335 e. The van der Waals surface area contributed by atoms with Crippen LogP contribution in [0.25, 0.3) is 11.3 Å². The molecule has 13 nitrogen and oxygen atoms in total. The largest absolute Gasteiger partial charge is 0.496 e. The summed E-state index contributed by atoms with van der Waals surface area (Å²) in [6.07, 6.45) is 0.113. The summed E-state index contributed by atoms with van der Waals surface area (Å²) in [6.45, 7) is 1.70. The van der Waals surface area contributed by atoms with Gasteiger partial charge in [-0.1, -0.05) is 30.7 Å². The number of carbonyl (C=O) groups is 3. The van der Waals surface area contributed by atoms with E-state index in [1.807, 2.05) is 0 Å². The minimum absolute atomic E-state index is 0.00308. The van der Waals surface area contributed by atoms with Crippen LogP contribution in [-0.4, -0.2) is 51.6 Å². The normalized spacial score (nSPS) is 21.0. The van der Waals surface area contributed by atoms with Crippen molar-refractivity contribution < 1.29 is 38.1 Å². The van der Waals surface area contributed by atoms with E-state index < -0.39 is 46.2 Å². The Hall–Kier alpha value is -5.56. The van der Waals surface area contributed by atoms with Gasteiger partial charge in [0.25, 0.3) is 5.56 Å². The van der Waals surface area contributed by atoms with Crippen molar-refractivity contribution in [3.63, 3.8) is 0 Å². The molecule has 4 aromatic rings. The van der Waals surface area contributed by atoms with Gasteiger partial charge in [-0.25, -0.2) is 9.59 Å². The first-order chi connectivity index (χ1) is 22.8. The Morgan fingerprint density at radius 3 is 2.33 bits per heavy atom. The van der Waals surface area contributed by atoms with Crippen molar-refractivity contribution >= 4 is 35.0 Å². The average molecular weight is 674 g/mol. The number of allylic oxidation sites excluding steroid dienone is 1. The highest BCUT2D eigenvalue weighted by Gasteiger charge is 2.64. The molecule has 3 atom stereocenters. The first-order valence-electron chi connectivity index (χ1n) is 14.8. The van der Waals surface area contributed by atoms with Crippen LogP contribution in [0, 0.1) is 5.92 Å². The van der Waals surface area contributed by atoms with Crippen LogP contribution in [0.5, 0.6) is 17.2 Å². The molecule has 14 heteroatoms. The van der Waals surface area contributed by atoms with E-state index in [1.165, 1.54) is 51.1 Å². The fraction of sp³-hybridized carbons (Fsp3) is 0.265.